The van der Waals surface area contributed by atoms with E-state index in [4.69, 9.17) is 5.26 Å². The van der Waals surface area contributed by atoms with Crippen LogP contribution in [0.4, 0.5) is 0 Å². The summed E-state index contributed by atoms with van der Waals surface area (Å²) in [6.07, 6.45) is 3.27. The van der Waals surface area contributed by atoms with E-state index in [1.807, 2.05) is 19.9 Å². The van der Waals surface area contributed by atoms with Crippen LogP contribution < -0.4 is 5.32 Å². The van der Waals surface area contributed by atoms with Crippen LogP contribution in [0.15, 0.2) is 18.2 Å². The minimum atomic E-state index is -0.0115. The van der Waals surface area contributed by atoms with Gasteiger partial charge in [-0.05, 0) is 44.2 Å². The Morgan fingerprint density at radius 1 is 1.42 bits per heavy atom. The zero-order chi connectivity index (χ0) is 13.8. The Bertz CT molecular complexity index is 516. The van der Waals surface area contributed by atoms with Crippen LogP contribution in [0.25, 0.3) is 0 Å². The molecule has 2 rings (SSSR count). The predicted molar refractivity (Wildman–Crippen MR) is 74.5 cm³/mol. The van der Waals surface area contributed by atoms with Crippen LogP contribution in [-0.2, 0) is 11.2 Å². The van der Waals surface area contributed by atoms with E-state index < -0.39 is 0 Å². The van der Waals surface area contributed by atoms with Crippen molar-refractivity contribution in [2.24, 2.45) is 5.92 Å². The number of amides is 1. The van der Waals surface area contributed by atoms with Crippen LogP contribution in [0.1, 0.15) is 36.0 Å². The molecule has 0 aliphatic heterocycles. The van der Waals surface area contributed by atoms with Gasteiger partial charge < -0.3 is 5.32 Å². The van der Waals surface area contributed by atoms with Crippen molar-refractivity contribution in [3.63, 3.8) is 0 Å². The maximum absolute atomic E-state index is 12.1. The van der Waals surface area contributed by atoms with Gasteiger partial charge in [0.2, 0.25) is 5.91 Å². The lowest BCUT2D eigenvalue weighted by Gasteiger charge is -2.16. The number of carbonyl (C=O) groups is 1. The van der Waals surface area contributed by atoms with Gasteiger partial charge in [0.05, 0.1) is 18.4 Å². The first-order valence-electron chi connectivity index (χ1n) is 6.85. The van der Waals surface area contributed by atoms with E-state index in [2.05, 4.69) is 23.5 Å². The predicted octanol–water partition coefficient (Wildman–Crippen LogP) is 2.65. The number of hydrogen-bond donors (Lipinski definition) is 1. The fraction of sp³-hybridized carbons (Fsp3) is 0.500. The first-order chi connectivity index (χ1) is 9.10. The summed E-state index contributed by atoms with van der Waals surface area (Å²) < 4.78 is 0. The molecule has 1 N–H and O–H groups in total. The second-order valence-electron chi connectivity index (χ2n) is 5.45. The molecule has 100 valence electrons. The molecule has 1 amide bonds. The monoisotopic (exact) mass is 256 g/mol. The molecule has 1 aromatic rings. The third-order valence-corrected chi connectivity index (χ3v) is 3.88. The molecule has 3 nitrogen and oxygen atoms in total. The van der Waals surface area contributed by atoms with Crippen LogP contribution in [0, 0.1) is 31.1 Å². The van der Waals surface area contributed by atoms with E-state index in [1.54, 1.807) is 0 Å². The number of benzene rings is 1. The van der Waals surface area contributed by atoms with Crippen LogP contribution in [0.2, 0.25) is 0 Å². The SMILES string of the molecule is Cc1ccc(C)c(CC(=O)NC2CCCC2C#N)c1. The maximum Gasteiger partial charge on any atom is 0.224 e. The molecule has 2 unspecified atom stereocenters. The van der Waals surface area contributed by atoms with E-state index >= 15 is 0 Å². The molecule has 0 aromatic heterocycles. The van der Waals surface area contributed by atoms with Crippen molar-refractivity contribution >= 4 is 5.91 Å². The van der Waals surface area contributed by atoms with Crippen LogP contribution >= 0.6 is 0 Å². The molecule has 19 heavy (non-hydrogen) atoms. The molecule has 0 saturated heterocycles. The molecule has 1 aromatic carbocycles. The van der Waals surface area contributed by atoms with Gasteiger partial charge in [-0.2, -0.15) is 5.26 Å². The molecular formula is C16H20N2O. The average molecular weight is 256 g/mol. The highest BCUT2D eigenvalue weighted by Crippen LogP contribution is 2.25. The van der Waals surface area contributed by atoms with E-state index in [0.717, 1.165) is 30.4 Å². The smallest absolute Gasteiger partial charge is 0.224 e. The normalized spacial score (nSPS) is 21.9. The lowest BCUT2D eigenvalue weighted by molar-refractivity contribution is -0.121. The first-order valence-corrected chi connectivity index (χ1v) is 6.85. The number of aryl methyl sites for hydroxylation is 2. The Labute approximate surface area is 114 Å². The summed E-state index contributed by atoms with van der Waals surface area (Å²) >= 11 is 0. The summed E-state index contributed by atoms with van der Waals surface area (Å²) in [5.74, 6) is 0.0170. The van der Waals surface area contributed by atoms with E-state index in [0.29, 0.717) is 6.42 Å². The standard InChI is InChI=1S/C16H20N2O/c1-11-6-7-12(2)14(8-11)9-16(19)18-15-5-3-4-13(15)10-17/h6-8,13,15H,3-5,9H2,1-2H3,(H,18,19). The largest absolute Gasteiger partial charge is 0.352 e. The summed E-state index contributed by atoms with van der Waals surface area (Å²) in [4.78, 5) is 12.1. The Hall–Kier alpha value is -1.82. The minimum Gasteiger partial charge on any atom is -0.352 e. The third kappa shape index (κ3) is 3.35. The molecule has 1 saturated carbocycles. The van der Waals surface area contributed by atoms with Crippen molar-refractivity contribution in [3.05, 3.63) is 34.9 Å². The number of nitrogens with one attached hydrogen (secondary N) is 1. The topological polar surface area (TPSA) is 52.9 Å². The van der Waals surface area contributed by atoms with Gasteiger partial charge in [0.25, 0.3) is 0 Å². The summed E-state index contributed by atoms with van der Waals surface area (Å²) in [7, 11) is 0. The molecule has 0 heterocycles. The zero-order valence-corrected chi connectivity index (χ0v) is 11.6. The fourth-order valence-electron chi connectivity index (χ4n) is 2.71. The quantitative estimate of drug-likeness (QED) is 0.904. The lowest BCUT2D eigenvalue weighted by atomic mass is 10.0. The summed E-state index contributed by atoms with van der Waals surface area (Å²) in [5.41, 5.74) is 3.39. The van der Waals surface area contributed by atoms with Gasteiger partial charge in [-0.25, -0.2) is 0 Å². The van der Waals surface area contributed by atoms with Crippen molar-refractivity contribution in [3.8, 4) is 6.07 Å². The van der Waals surface area contributed by atoms with Crippen molar-refractivity contribution in [1.29, 1.82) is 5.26 Å². The molecule has 0 radical (unpaired) electrons. The number of carbonyl (C=O) groups excluding carboxylic acids is 1. The molecule has 0 bridgehead atoms. The summed E-state index contributed by atoms with van der Waals surface area (Å²) in [6.45, 7) is 4.05. The highest BCUT2D eigenvalue weighted by Gasteiger charge is 2.28. The van der Waals surface area contributed by atoms with Crippen LogP contribution in [0.3, 0.4) is 0 Å². The van der Waals surface area contributed by atoms with E-state index in [-0.39, 0.29) is 17.9 Å². The zero-order valence-electron chi connectivity index (χ0n) is 11.6. The fourth-order valence-corrected chi connectivity index (χ4v) is 2.71. The second kappa shape index (κ2) is 5.88. The Kier molecular flexibility index (Phi) is 4.21. The molecule has 3 heteroatoms. The number of nitrogens with zero attached hydrogens (tertiary/aromatic N) is 1. The van der Waals surface area contributed by atoms with Gasteiger partial charge >= 0.3 is 0 Å². The molecule has 1 aliphatic carbocycles. The van der Waals surface area contributed by atoms with E-state index in [9.17, 15) is 4.79 Å². The molecule has 0 spiro atoms. The van der Waals surface area contributed by atoms with Gasteiger partial charge in [-0.3, -0.25) is 4.79 Å². The van der Waals surface area contributed by atoms with Crippen molar-refractivity contribution in [2.45, 2.75) is 45.6 Å². The third-order valence-electron chi connectivity index (χ3n) is 3.88. The minimum absolute atomic E-state index is 0.0115. The number of nitriles is 1. The van der Waals surface area contributed by atoms with Crippen molar-refractivity contribution in [1.82, 2.24) is 5.32 Å². The Morgan fingerprint density at radius 2 is 2.21 bits per heavy atom. The highest BCUT2D eigenvalue weighted by atomic mass is 16.1. The van der Waals surface area contributed by atoms with Gasteiger partial charge in [-0.1, -0.05) is 23.8 Å². The highest BCUT2D eigenvalue weighted by molar-refractivity contribution is 5.79. The number of hydrogen-bond acceptors (Lipinski definition) is 2. The van der Waals surface area contributed by atoms with Gasteiger partial charge in [0.15, 0.2) is 0 Å². The number of rotatable bonds is 3. The van der Waals surface area contributed by atoms with Crippen molar-refractivity contribution in [2.75, 3.05) is 0 Å². The lowest BCUT2D eigenvalue weighted by Crippen LogP contribution is -2.37. The van der Waals surface area contributed by atoms with Gasteiger partial charge in [0.1, 0.15) is 0 Å². The van der Waals surface area contributed by atoms with E-state index in [1.165, 1.54) is 5.56 Å². The maximum atomic E-state index is 12.1. The second-order valence-corrected chi connectivity index (χ2v) is 5.45. The van der Waals surface area contributed by atoms with Crippen molar-refractivity contribution < 1.29 is 4.79 Å². The molecular weight excluding hydrogens is 236 g/mol. The first kappa shape index (κ1) is 13.6. The van der Waals surface area contributed by atoms with Gasteiger partial charge in [0, 0.05) is 6.04 Å². The van der Waals surface area contributed by atoms with Crippen LogP contribution in [0.5, 0.6) is 0 Å². The molecule has 2 atom stereocenters. The van der Waals surface area contributed by atoms with Gasteiger partial charge in [-0.15, -0.1) is 0 Å². The molecule has 1 aliphatic rings. The Balaban J connectivity index is 1.98. The molecule has 1 fully saturated rings. The Morgan fingerprint density at radius 3 is 2.95 bits per heavy atom. The average Bonchev–Trinajstić information content (AvgIpc) is 2.81. The summed E-state index contributed by atoms with van der Waals surface area (Å²) in [6, 6.07) is 8.50. The van der Waals surface area contributed by atoms with Crippen LogP contribution in [-0.4, -0.2) is 11.9 Å². The summed E-state index contributed by atoms with van der Waals surface area (Å²) in [5, 5.41) is 12.0.